The normalized spacial score (nSPS) is 17.6. The molecule has 6 heteroatoms. The van der Waals surface area contributed by atoms with Crippen LogP contribution >= 0.6 is 0 Å². The van der Waals surface area contributed by atoms with Crippen molar-refractivity contribution < 1.29 is 17.9 Å². The van der Waals surface area contributed by atoms with E-state index in [1.807, 2.05) is 0 Å². The highest BCUT2D eigenvalue weighted by atomic mass is 19.2. The van der Waals surface area contributed by atoms with Crippen molar-refractivity contribution in [2.24, 2.45) is 10.2 Å². The first kappa shape index (κ1) is 11.0. The van der Waals surface area contributed by atoms with Gasteiger partial charge in [0, 0.05) is 18.1 Å². The smallest absolute Gasteiger partial charge is 0.161 e. The number of nitrogens with zero attached hydrogens (tertiary/aromatic N) is 2. The second-order valence-corrected chi connectivity index (χ2v) is 3.89. The Morgan fingerprint density at radius 1 is 1.00 bits per heavy atom. The number of fused-ring (bicyclic) bond motifs is 1. The number of ether oxygens (including phenoxy) is 1. The summed E-state index contributed by atoms with van der Waals surface area (Å²) in [5.41, 5.74) is 1.23. The van der Waals surface area contributed by atoms with E-state index in [0.717, 1.165) is 6.07 Å². The topological polar surface area (TPSA) is 34.0 Å². The number of benzene rings is 1. The number of halogens is 3. The molecule has 0 N–H and O–H groups in total. The van der Waals surface area contributed by atoms with Crippen LogP contribution in [0.3, 0.4) is 0 Å². The third-order valence-corrected chi connectivity index (χ3v) is 2.76. The molecule has 18 heavy (non-hydrogen) atoms. The highest BCUT2D eigenvalue weighted by Crippen LogP contribution is 2.25. The molecule has 0 saturated carbocycles. The van der Waals surface area contributed by atoms with Crippen LogP contribution < -0.4 is 0 Å². The Morgan fingerprint density at radius 3 is 2.61 bits per heavy atom. The lowest BCUT2D eigenvalue weighted by atomic mass is 9.97. The van der Waals surface area contributed by atoms with Gasteiger partial charge in [0.2, 0.25) is 0 Å². The Hall–Kier alpha value is -2.11. The van der Waals surface area contributed by atoms with E-state index in [1.165, 1.54) is 6.26 Å². The molecule has 0 unspecified atom stereocenters. The number of hydrogen-bond donors (Lipinski definition) is 0. The van der Waals surface area contributed by atoms with Gasteiger partial charge in [0.05, 0.1) is 24.2 Å². The van der Waals surface area contributed by atoms with Crippen LogP contribution in [-0.4, -0.2) is 18.0 Å². The summed E-state index contributed by atoms with van der Waals surface area (Å²) in [6.07, 6.45) is 1.97. The van der Waals surface area contributed by atoms with Crippen molar-refractivity contribution in [2.45, 2.75) is 6.42 Å². The minimum atomic E-state index is -1.23. The fraction of sp³-hybridized carbons (Fsp3) is 0.167. The van der Waals surface area contributed by atoms with Crippen LogP contribution in [0.2, 0.25) is 0 Å². The standard InChI is InChI=1S/C12H7F3N2O/c13-8-4-10(15)9(14)3-6(8)12-7-5-18-2-1-11(7)16-17-12/h3-5H,1-2H2. The molecule has 0 saturated heterocycles. The third-order valence-electron chi connectivity index (χ3n) is 2.76. The molecule has 2 aliphatic heterocycles. The van der Waals surface area contributed by atoms with E-state index in [1.54, 1.807) is 0 Å². The van der Waals surface area contributed by atoms with E-state index >= 15 is 0 Å². The average molecular weight is 252 g/mol. The highest BCUT2D eigenvalue weighted by Gasteiger charge is 2.27. The second kappa shape index (κ2) is 3.97. The molecule has 0 amide bonds. The molecule has 1 aromatic carbocycles. The monoisotopic (exact) mass is 252 g/mol. The van der Waals surface area contributed by atoms with Gasteiger partial charge in [0.1, 0.15) is 11.5 Å². The van der Waals surface area contributed by atoms with E-state index < -0.39 is 17.5 Å². The fourth-order valence-electron chi connectivity index (χ4n) is 1.86. The molecular weight excluding hydrogens is 245 g/mol. The van der Waals surface area contributed by atoms with Gasteiger partial charge in [0.25, 0.3) is 0 Å². The molecule has 2 heterocycles. The van der Waals surface area contributed by atoms with Crippen molar-refractivity contribution in [3.63, 3.8) is 0 Å². The van der Waals surface area contributed by atoms with Gasteiger partial charge in [-0.15, -0.1) is 5.10 Å². The maximum Gasteiger partial charge on any atom is 0.161 e. The van der Waals surface area contributed by atoms with Crippen LogP contribution in [0.4, 0.5) is 13.2 Å². The molecule has 0 aromatic heterocycles. The van der Waals surface area contributed by atoms with Crippen LogP contribution in [0.15, 0.2) is 34.2 Å². The van der Waals surface area contributed by atoms with Crippen LogP contribution in [-0.2, 0) is 4.74 Å². The summed E-state index contributed by atoms with van der Waals surface area (Å²) in [6.45, 7) is 0.478. The van der Waals surface area contributed by atoms with Gasteiger partial charge in [-0.1, -0.05) is 0 Å². The molecule has 3 nitrogen and oxygen atoms in total. The molecule has 1 aromatic rings. The lowest BCUT2D eigenvalue weighted by molar-refractivity contribution is 0.253. The maximum atomic E-state index is 13.6. The number of allylic oxidation sites excluding steroid dienone is 1. The summed E-state index contributed by atoms with van der Waals surface area (Å²) in [5, 5.41) is 7.69. The van der Waals surface area contributed by atoms with Gasteiger partial charge < -0.3 is 4.74 Å². The van der Waals surface area contributed by atoms with Crippen LogP contribution in [0, 0.1) is 17.5 Å². The van der Waals surface area contributed by atoms with Crippen LogP contribution in [0.25, 0.3) is 0 Å². The Labute approximate surface area is 100 Å². The van der Waals surface area contributed by atoms with E-state index in [-0.39, 0.29) is 11.3 Å². The Morgan fingerprint density at radius 2 is 1.78 bits per heavy atom. The van der Waals surface area contributed by atoms with E-state index in [2.05, 4.69) is 10.2 Å². The number of hydrogen-bond acceptors (Lipinski definition) is 3. The van der Waals surface area contributed by atoms with E-state index in [4.69, 9.17) is 4.74 Å². The largest absolute Gasteiger partial charge is 0.500 e. The molecule has 0 atom stereocenters. The minimum absolute atomic E-state index is 0.121. The van der Waals surface area contributed by atoms with Crippen molar-refractivity contribution >= 4 is 11.4 Å². The SMILES string of the molecule is Fc1cc(F)c(C2=NN=C3CCOC=C32)cc1F. The summed E-state index contributed by atoms with van der Waals surface area (Å²) < 4.78 is 44.8. The molecule has 0 bridgehead atoms. The van der Waals surface area contributed by atoms with Crippen LogP contribution in [0.5, 0.6) is 0 Å². The molecule has 92 valence electrons. The van der Waals surface area contributed by atoms with Gasteiger partial charge in [-0.05, 0) is 6.07 Å². The zero-order valence-corrected chi connectivity index (χ0v) is 9.08. The summed E-state index contributed by atoms with van der Waals surface area (Å²) in [4.78, 5) is 0. The molecule has 0 spiro atoms. The van der Waals surface area contributed by atoms with Gasteiger partial charge in [-0.3, -0.25) is 0 Å². The second-order valence-electron chi connectivity index (χ2n) is 3.89. The lowest BCUT2D eigenvalue weighted by Crippen LogP contribution is -2.17. The lowest BCUT2D eigenvalue weighted by Gasteiger charge is -2.12. The average Bonchev–Trinajstić information content (AvgIpc) is 2.78. The molecular formula is C12H7F3N2O. The van der Waals surface area contributed by atoms with Crippen molar-refractivity contribution in [1.29, 1.82) is 0 Å². The first-order valence-electron chi connectivity index (χ1n) is 5.29. The van der Waals surface area contributed by atoms with Gasteiger partial charge in [-0.2, -0.15) is 5.10 Å². The summed E-state index contributed by atoms with van der Waals surface area (Å²) in [5.74, 6) is -3.24. The van der Waals surface area contributed by atoms with Gasteiger partial charge in [-0.25, -0.2) is 13.2 Å². The van der Waals surface area contributed by atoms with Crippen molar-refractivity contribution in [2.75, 3.05) is 6.61 Å². The molecule has 0 aliphatic carbocycles. The fourth-order valence-corrected chi connectivity index (χ4v) is 1.86. The summed E-state index contributed by atoms with van der Waals surface area (Å²) in [6, 6.07) is 1.27. The molecule has 3 rings (SSSR count). The predicted molar refractivity (Wildman–Crippen MR) is 58.9 cm³/mol. The summed E-state index contributed by atoms with van der Waals surface area (Å²) >= 11 is 0. The van der Waals surface area contributed by atoms with Crippen molar-refractivity contribution in [3.05, 3.63) is 47.0 Å². The minimum Gasteiger partial charge on any atom is -0.500 e. The zero-order chi connectivity index (χ0) is 12.7. The molecule has 0 fully saturated rings. The van der Waals surface area contributed by atoms with Crippen LogP contribution in [0.1, 0.15) is 12.0 Å². The Bertz CT molecular complexity index is 620. The quantitative estimate of drug-likeness (QED) is 0.707. The summed E-state index contributed by atoms with van der Waals surface area (Å²) in [7, 11) is 0. The third kappa shape index (κ3) is 1.61. The van der Waals surface area contributed by atoms with E-state index in [9.17, 15) is 13.2 Å². The highest BCUT2D eigenvalue weighted by molar-refractivity contribution is 6.32. The number of rotatable bonds is 1. The van der Waals surface area contributed by atoms with E-state index in [0.29, 0.717) is 30.4 Å². The first-order chi connectivity index (χ1) is 8.66. The van der Waals surface area contributed by atoms with Crippen molar-refractivity contribution in [1.82, 2.24) is 0 Å². The molecule has 2 aliphatic rings. The van der Waals surface area contributed by atoms with Crippen molar-refractivity contribution in [3.8, 4) is 0 Å². The van der Waals surface area contributed by atoms with Gasteiger partial charge >= 0.3 is 0 Å². The van der Waals surface area contributed by atoms with Gasteiger partial charge in [0.15, 0.2) is 11.6 Å². The molecule has 0 radical (unpaired) electrons. The zero-order valence-electron chi connectivity index (χ0n) is 9.08. The predicted octanol–water partition coefficient (Wildman–Crippen LogP) is 2.57. The Kier molecular flexibility index (Phi) is 2.43. The maximum absolute atomic E-state index is 13.6. The first-order valence-corrected chi connectivity index (χ1v) is 5.29. The Balaban J connectivity index is 2.08.